The molecule has 0 bridgehead atoms. The molecule has 0 saturated carbocycles. The molecule has 5 heteroatoms. The van der Waals surface area contributed by atoms with Crippen LogP contribution in [-0.2, 0) is 6.54 Å². The Bertz CT molecular complexity index is 608. The highest BCUT2D eigenvalue weighted by molar-refractivity contribution is 5.34. The van der Waals surface area contributed by atoms with Gasteiger partial charge in [0, 0.05) is 11.8 Å². The maximum absolute atomic E-state index is 13.4. The molecule has 2 aromatic rings. The summed E-state index contributed by atoms with van der Waals surface area (Å²) in [5.41, 5.74) is 5.20. The van der Waals surface area contributed by atoms with Gasteiger partial charge in [-0.25, -0.2) is 8.78 Å². The Labute approximate surface area is 96.1 Å². The standard InChI is InChI=1S/C12H10F2N2O/c13-9-4-1-3-8(11(9)14)7-16-6-2-5-10(15)12(16)17/h1-6H,7,15H2. The quantitative estimate of drug-likeness (QED) is 0.863. The summed E-state index contributed by atoms with van der Waals surface area (Å²) in [6, 6.07) is 6.88. The molecule has 2 N–H and O–H groups in total. The molecule has 0 atom stereocenters. The van der Waals surface area contributed by atoms with Crippen LogP contribution in [-0.4, -0.2) is 4.57 Å². The highest BCUT2D eigenvalue weighted by Crippen LogP contribution is 2.12. The fraction of sp³-hybridized carbons (Fsp3) is 0.0833. The van der Waals surface area contributed by atoms with Crippen LogP contribution in [0.2, 0.25) is 0 Å². The lowest BCUT2D eigenvalue weighted by atomic mass is 10.2. The second-order valence-electron chi connectivity index (χ2n) is 3.61. The van der Waals surface area contributed by atoms with Gasteiger partial charge in [-0.3, -0.25) is 4.79 Å². The van der Waals surface area contributed by atoms with E-state index in [1.807, 2.05) is 0 Å². The molecule has 17 heavy (non-hydrogen) atoms. The van der Waals surface area contributed by atoms with E-state index >= 15 is 0 Å². The zero-order chi connectivity index (χ0) is 12.4. The highest BCUT2D eigenvalue weighted by Gasteiger charge is 2.09. The third-order valence-electron chi connectivity index (χ3n) is 2.42. The fourth-order valence-corrected chi connectivity index (χ4v) is 1.53. The summed E-state index contributed by atoms with van der Waals surface area (Å²) in [5, 5.41) is 0. The molecule has 0 aliphatic carbocycles. The summed E-state index contributed by atoms with van der Waals surface area (Å²) in [7, 11) is 0. The number of nitrogens with two attached hydrogens (primary N) is 1. The van der Waals surface area contributed by atoms with Gasteiger partial charge in [0.15, 0.2) is 11.6 Å². The lowest BCUT2D eigenvalue weighted by Gasteiger charge is -2.07. The van der Waals surface area contributed by atoms with Gasteiger partial charge in [0.25, 0.3) is 5.56 Å². The van der Waals surface area contributed by atoms with E-state index in [2.05, 4.69) is 0 Å². The summed E-state index contributed by atoms with van der Waals surface area (Å²) in [6.07, 6.45) is 1.48. The predicted octanol–water partition coefficient (Wildman–Crippen LogP) is 1.76. The Hall–Kier alpha value is -2.17. The van der Waals surface area contributed by atoms with Gasteiger partial charge in [-0.1, -0.05) is 12.1 Å². The summed E-state index contributed by atoms with van der Waals surface area (Å²) in [4.78, 5) is 11.6. The van der Waals surface area contributed by atoms with Gasteiger partial charge < -0.3 is 10.3 Å². The maximum atomic E-state index is 13.4. The molecule has 1 aromatic heterocycles. The number of nitrogen functional groups attached to an aromatic ring is 1. The molecular weight excluding hydrogens is 226 g/mol. The van der Waals surface area contributed by atoms with Crippen LogP contribution in [0.5, 0.6) is 0 Å². The van der Waals surface area contributed by atoms with Crippen molar-refractivity contribution in [3.8, 4) is 0 Å². The molecule has 0 radical (unpaired) electrons. The zero-order valence-corrected chi connectivity index (χ0v) is 8.86. The van der Waals surface area contributed by atoms with Crippen molar-refractivity contribution in [2.24, 2.45) is 0 Å². The van der Waals surface area contributed by atoms with E-state index in [1.54, 1.807) is 6.07 Å². The van der Waals surface area contributed by atoms with E-state index in [0.29, 0.717) is 0 Å². The normalized spacial score (nSPS) is 10.5. The fourth-order valence-electron chi connectivity index (χ4n) is 1.53. The van der Waals surface area contributed by atoms with Gasteiger partial charge in [-0.05, 0) is 18.2 Å². The van der Waals surface area contributed by atoms with Gasteiger partial charge in [-0.15, -0.1) is 0 Å². The Balaban J connectivity index is 2.42. The number of aromatic nitrogens is 1. The Morgan fingerprint density at radius 2 is 1.94 bits per heavy atom. The molecular formula is C12H10F2N2O. The molecule has 0 saturated heterocycles. The molecule has 88 valence electrons. The van der Waals surface area contributed by atoms with Crippen LogP contribution in [0.4, 0.5) is 14.5 Å². The Kier molecular flexibility index (Phi) is 2.91. The number of anilines is 1. The summed E-state index contributed by atoms with van der Waals surface area (Å²) in [5.74, 6) is -1.87. The minimum absolute atomic E-state index is 0.0481. The van der Waals surface area contributed by atoms with Crippen LogP contribution >= 0.6 is 0 Å². The van der Waals surface area contributed by atoms with Crippen LogP contribution in [0.1, 0.15) is 5.56 Å². The van der Waals surface area contributed by atoms with E-state index in [-0.39, 0.29) is 17.8 Å². The van der Waals surface area contributed by atoms with Gasteiger partial charge >= 0.3 is 0 Å². The Morgan fingerprint density at radius 1 is 1.18 bits per heavy atom. The van der Waals surface area contributed by atoms with Crippen molar-refractivity contribution < 1.29 is 8.78 Å². The lowest BCUT2D eigenvalue weighted by molar-refractivity contribution is 0.494. The van der Waals surface area contributed by atoms with Gasteiger partial charge in [0.05, 0.1) is 12.2 Å². The summed E-state index contributed by atoms with van der Waals surface area (Å²) >= 11 is 0. The third kappa shape index (κ3) is 2.18. The molecule has 1 aromatic carbocycles. The van der Waals surface area contributed by atoms with Gasteiger partial charge in [-0.2, -0.15) is 0 Å². The molecule has 0 spiro atoms. The van der Waals surface area contributed by atoms with E-state index in [0.717, 1.165) is 6.07 Å². The number of hydrogen-bond acceptors (Lipinski definition) is 2. The molecule has 1 heterocycles. The SMILES string of the molecule is Nc1cccn(Cc2cccc(F)c2F)c1=O. The van der Waals surface area contributed by atoms with Crippen molar-refractivity contribution in [3.63, 3.8) is 0 Å². The number of nitrogens with zero attached hydrogens (tertiary/aromatic N) is 1. The molecule has 0 fully saturated rings. The van der Waals surface area contributed by atoms with Crippen molar-refractivity contribution in [1.29, 1.82) is 0 Å². The molecule has 2 rings (SSSR count). The molecule has 0 amide bonds. The van der Waals surface area contributed by atoms with Crippen LogP contribution in [0.25, 0.3) is 0 Å². The first-order valence-corrected chi connectivity index (χ1v) is 4.97. The number of hydrogen-bond donors (Lipinski definition) is 1. The minimum Gasteiger partial charge on any atom is -0.394 e. The first-order valence-electron chi connectivity index (χ1n) is 4.97. The van der Waals surface area contributed by atoms with Crippen LogP contribution in [0, 0.1) is 11.6 Å². The summed E-state index contributed by atoms with van der Waals surface area (Å²) in [6.45, 7) is -0.0481. The van der Waals surface area contributed by atoms with Crippen molar-refractivity contribution >= 4 is 5.69 Å². The molecule has 0 aliphatic rings. The second kappa shape index (κ2) is 4.37. The predicted molar refractivity (Wildman–Crippen MR) is 60.6 cm³/mol. The number of halogens is 2. The van der Waals surface area contributed by atoms with Gasteiger partial charge in [0.2, 0.25) is 0 Å². The van der Waals surface area contributed by atoms with Crippen molar-refractivity contribution in [1.82, 2.24) is 4.57 Å². The summed E-state index contributed by atoms with van der Waals surface area (Å²) < 4.78 is 27.6. The third-order valence-corrected chi connectivity index (χ3v) is 2.42. The van der Waals surface area contributed by atoms with E-state index < -0.39 is 17.2 Å². The van der Waals surface area contributed by atoms with Gasteiger partial charge in [0.1, 0.15) is 0 Å². The first kappa shape index (κ1) is 11.3. The average molecular weight is 236 g/mol. The zero-order valence-electron chi connectivity index (χ0n) is 8.86. The second-order valence-corrected chi connectivity index (χ2v) is 3.61. The topological polar surface area (TPSA) is 48.0 Å². The van der Waals surface area contributed by atoms with Crippen LogP contribution < -0.4 is 11.3 Å². The number of benzene rings is 1. The van der Waals surface area contributed by atoms with E-state index in [9.17, 15) is 13.6 Å². The largest absolute Gasteiger partial charge is 0.394 e. The van der Waals surface area contributed by atoms with Crippen molar-refractivity contribution in [3.05, 3.63) is 64.1 Å². The first-order chi connectivity index (χ1) is 8.09. The number of rotatable bonds is 2. The smallest absolute Gasteiger partial charge is 0.273 e. The Morgan fingerprint density at radius 3 is 2.71 bits per heavy atom. The minimum atomic E-state index is -0.943. The highest BCUT2D eigenvalue weighted by atomic mass is 19.2. The van der Waals surface area contributed by atoms with Crippen molar-refractivity contribution in [2.75, 3.05) is 5.73 Å². The molecule has 0 aliphatic heterocycles. The maximum Gasteiger partial charge on any atom is 0.273 e. The number of pyridine rings is 1. The van der Waals surface area contributed by atoms with Crippen molar-refractivity contribution in [2.45, 2.75) is 6.54 Å². The molecule has 0 unspecified atom stereocenters. The van der Waals surface area contributed by atoms with Crippen LogP contribution in [0.3, 0.4) is 0 Å². The average Bonchev–Trinajstić information content (AvgIpc) is 2.31. The lowest BCUT2D eigenvalue weighted by Crippen LogP contribution is -2.22. The monoisotopic (exact) mass is 236 g/mol. The van der Waals surface area contributed by atoms with E-state index in [4.69, 9.17) is 5.73 Å². The van der Waals surface area contributed by atoms with Crippen LogP contribution in [0.15, 0.2) is 41.3 Å². The molecule has 3 nitrogen and oxygen atoms in total. The van der Waals surface area contributed by atoms with E-state index in [1.165, 1.54) is 29.0 Å².